The van der Waals surface area contributed by atoms with Crippen LogP contribution in [0.2, 0.25) is 0 Å². The van der Waals surface area contributed by atoms with Crippen LogP contribution in [0.3, 0.4) is 0 Å². The third-order valence-corrected chi connectivity index (χ3v) is 5.10. The third kappa shape index (κ3) is 4.13. The van der Waals surface area contributed by atoms with Crippen LogP contribution < -0.4 is 0 Å². The molecule has 0 aliphatic carbocycles. The Kier molecular flexibility index (Phi) is 5.68. The number of nitro groups is 1. The molecule has 0 saturated heterocycles. The zero-order valence-electron chi connectivity index (χ0n) is 16.7. The zero-order valence-corrected chi connectivity index (χ0v) is 18.3. The van der Waals surface area contributed by atoms with Crippen molar-refractivity contribution in [3.8, 4) is 33.9 Å². The summed E-state index contributed by atoms with van der Waals surface area (Å²) in [5.74, 6) is 0.691. The van der Waals surface area contributed by atoms with Crippen LogP contribution >= 0.6 is 15.9 Å². The van der Waals surface area contributed by atoms with Gasteiger partial charge in [-0.2, -0.15) is 0 Å². The van der Waals surface area contributed by atoms with Crippen molar-refractivity contribution in [1.82, 2.24) is 15.0 Å². The topological polar surface area (TPSA) is 87.6 Å². The number of nitrogens with zero attached hydrogens (tertiary/aromatic N) is 2. The smallest absolute Gasteiger partial charge is 0.269 e. The maximum atomic E-state index is 11.0. The Morgan fingerprint density at radius 2 is 1.84 bits per heavy atom. The Balaban J connectivity index is 1.91. The molecule has 0 bridgehead atoms. The van der Waals surface area contributed by atoms with E-state index in [9.17, 15) is 10.1 Å². The minimum absolute atomic E-state index is 0.0474. The van der Waals surface area contributed by atoms with Gasteiger partial charge in [0, 0.05) is 46.3 Å². The van der Waals surface area contributed by atoms with Crippen molar-refractivity contribution in [2.24, 2.45) is 0 Å². The predicted octanol–water partition coefficient (Wildman–Crippen LogP) is 7.05. The molecule has 0 saturated carbocycles. The summed E-state index contributed by atoms with van der Waals surface area (Å²) in [5.41, 5.74) is 6.14. The lowest BCUT2D eigenvalue weighted by atomic mass is 10.0. The molecule has 31 heavy (non-hydrogen) atoms. The normalized spacial score (nSPS) is 11.5. The summed E-state index contributed by atoms with van der Waals surface area (Å²) in [7, 11) is 0. The van der Waals surface area contributed by atoms with Gasteiger partial charge < -0.3 is 9.97 Å². The zero-order chi connectivity index (χ0) is 22.0. The molecule has 0 amide bonds. The molecule has 2 aromatic carbocycles. The molecule has 0 atom stereocenters. The van der Waals surface area contributed by atoms with Crippen molar-refractivity contribution < 1.29 is 4.92 Å². The first-order valence-electron chi connectivity index (χ1n) is 9.56. The highest BCUT2D eigenvalue weighted by Gasteiger charge is 2.19. The maximum Gasteiger partial charge on any atom is 0.269 e. The van der Waals surface area contributed by atoms with Gasteiger partial charge in [0.1, 0.15) is 5.82 Å². The predicted molar refractivity (Wildman–Crippen MR) is 129 cm³/mol. The van der Waals surface area contributed by atoms with Crippen molar-refractivity contribution in [2.45, 2.75) is 6.92 Å². The van der Waals surface area contributed by atoms with Gasteiger partial charge in [0.15, 0.2) is 0 Å². The van der Waals surface area contributed by atoms with Gasteiger partial charge in [0.25, 0.3) is 5.69 Å². The highest BCUT2D eigenvalue weighted by atomic mass is 79.9. The van der Waals surface area contributed by atoms with Crippen molar-refractivity contribution in [3.05, 3.63) is 93.2 Å². The Morgan fingerprint density at radius 1 is 1.13 bits per heavy atom. The number of rotatable bonds is 6. The molecule has 2 N–H and O–H groups in total. The number of aromatic amines is 2. The van der Waals surface area contributed by atoms with E-state index in [0.717, 1.165) is 43.8 Å². The summed E-state index contributed by atoms with van der Waals surface area (Å²) in [6.45, 7) is 5.85. The third-order valence-electron chi connectivity index (χ3n) is 4.87. The van der Waals surface area contributed by atoms with Gasteiger partial charge in [-0.3, -0.25) is 10.1 Å². The lowest BCUT2D eigenvalue weighted by Crippen LogP contribution is -1.88. The molecule has 7 heteroatoms. The fraction of sp³-hybridized carbons (Fsp3) is 0.0417. The van der Waals surface area contributed by atoms with E-state index in [1.165, 1.54) is 12.1 Å². The van der Waals surface area contributed by atoms with Crippen LogP contribution in [-0.2, 0) is 0 Å². The van der Waals surface area contributed by atoms with Crippen molar-refractivity contribution in [2.75, 3.05) is 0 Å². The highest BCUT2D eigenvalue weighted by Crippen LogP contribution is 2.36. The second-order valence-corrected chi connectivity index (χ2v) is 8.19. The summed E-state index contributed by atoms with van der Waals surface area (Å²) < 4.78 is 0.974. The molecule has 0 aliphatic rings. The minimum Gasteiger partial charge on any atom is -0.360 e. The highest BCUT2D eigenvalue weighted by molar-refractivity contribution is 9.11. The number of H-pyrrole nitrogens is 2. The first kappa shape index (κ1) is 20.6. The molecule has 4 aromatic rings. The minimum atomic E-state index is -0.405. The molecule has 0 spiro atoms. The molecular formula is C24H19BrN4O2. The van der Waals surface area contributed by atoms with Gasteiger partial charge in [-0.1, -0.05) is 52.8 Å². The number of non-ortho nitro benzene ring substituents is 1. The van der Waals surface area contributed by atoms with Crippen LogP contribution in [-0.4, -0.2) is 19.9 Å². The Morgan fingerprint density at radius 3 is 2.45 bits per heavy atom. The maximum absolute atomic E-state index is 11.0. The van der Waals surface area contributed by atoms with Crippen molar-refractivity contribution in [3.63, 3.8) is 0 Å². The lowest BCUT2D eigenvalue weighted by Gasteiger charge is -2.03. The van der Waals surface area contributed by atoms with E-state index < -0.39 is 4.92 Å². The molecule has 0 aliphatic heterocycles. The fourth-order valence-electron chi connectivity index (χ4n) is 3.43. The average molecular weight is 475 g/mol. The standard InChI is InChI=1S/C24H19BrN4O2/c1-3-21-19(13-15(2)25)20(14-26-21)24-27-22(16-7-5-4-6-8-16)23(28-24)17-9-11-18(12-10-17)29(30)31/h3-14,26H,1H2,2H3,(H,27,28)/b15-13+. The number of hydrogen-bond acceptors (Lipinski definition) is 3. The Labute approximate surface area is 187 Å². The summed E-state index contributed by atoms with van der Waals surface area (Å²) in [6.07, 6.45) is 5.68. The Bertz CT molecular complexity index is 1280. The van der Waals surface area contributed by atoms with Crippen LogP contribution in [0.25, 0.3) is 46.1 Å². The number of nitrogens with one attached hydrogen (secondary N) is 2. The Hall–Kier alpha value is -3.71. The van der Waals surface area contributed by atoms with E-state index in [0.29, 0.717) is 5.82 Å². The van der Waals surface area contributed by atoms with Crippen LogP contribution in [0.4, 0.5) is 5.69 Å². The summed E-state index contributed by atoms with van der Waals surface area (Å²) in [5, 5.41) is 11.0. The van der Waals surface area contributed by atoms with Gasteiger partial charge in [0.05, 0.1) is 16.3 Å². The number of hydrogen-bond donors (Lipinski definition) is 2. The second kappa shape index (κ2) is 8.57. The van der Waals surface area contributed by atoms with Gasteiger partial charge in [0.2, 0.25) is 0 Å². The monoisotopic (exact) mass is 474 g/mol. The van der Waals surface area contributed by atoms with Crippen LogP contribution in [0.15, 0.2) is 71.9 Å². The molecule has 0 unspecified atom stereocenters. The van der Waals surface area contributed by atoms with E-state index in [2.05, 4.69) is 32.5 Å². The summed E-state index contributed by atoms with van der Waals surface area (Å²) in [6, 6.07) is 16.3. The molecule has 6 nitrogen and oxygen atoms in total. The first-order chi connectivity index (χ1) is 15.0. The van der Waals surface area contributed by atoms with Gasteiger partial charge >= 0.3 is 0 Å². The number of nitro benzene ring substituents is 1. The molecule has 2 aromatic heterocycles. The van der Waals surface area contributed by atoms with Gasteiger partial charge in [-0.25, -0.2) is 4.98 Å². The lowest BCUT2D eigenvalue weighted by molar-refractivity contribution is -0.384. The van der Waals surface area contributed by atoms with E-state index in [1.54, 1.807) is 18.2 Å². The van der Waals surface area contributed by atoms with Crippen molar-refractivity contribution in [1.29, 1.82) is 0 Å². The van der Waals surface area contributed by atoms with Crippen LogP contribution in [0.1, 0.15) is 18.2 Å². The fourth-order valence-corrected chi connectivity index (χ4v) is 3.66. The van der Waals surface area contributed by atoms with Crippen LogP contribution in [0, 0.1) is 10.1 Å². The first-order valence-corrected chi connectivity index (χ1v) is 10.4. The molecule has 154 valence electrons. The number of imidazole rings is 1. The van der Waals surface area contributed by atoms with Crippen molar-refractivity contribution >= 4 is 33.8 Å². The van der Waals surface area contributed by atoms with Gasteiger partial charge in [-0.05, 0) is 35.7 Å². The molecular weight excluding hydrogens is 456 g/mol. The number of aromatic nitrogens is 3. The largest absolute Gasteiger partial charge is 0.360 e. The SMILES string of the molecule is C=Cc1[nH]cc(-c2nc(-c3ccccc3)c(-c3ccc([N+](=O)[O-])cc3)[nH]2)c1/C=C(\C)Br. The van der Waals surface area contributed by atoms with Crippen LogP contribution in [0.5, 0.6) is 0 Å². The summed E-state index contributed by atoms with van der Waals surface area (Å²) in [4.78, 5) is 22.2. The van der Waals surface area contributed by atoms with E-state index >= 15 is 0 Å². The molecule has 2 heterocycles. The van der Waals surface area contributed by atoms with E-state index in [1.807, 2.05) is 49.5 Å². The number of allylic oxidation sites excluding steroid dienone is 1. The number of halogens is 1. The van der Waals surface area contributed by atoms with E-state index in [-0.39, 0.29) is 5.69 Å². The molecule has 0 radical (unpaired) electrons. The molecule has 0 fully saturated rings. The average Bonchev–Trinajstić information content (AvgIpc) is 3.38. The van der Waals surface area contributed by atoms with E-state index in [4.69, 9.17) is 4.98 Å². The number of benzene rings is 2. The quantitative estimate of drug-likeness (QED) is 0.232. The summed E-state index contributed by atoms with van der Waals surface area (Å²) >= 11 is 3.50. The van der Waals surface area contributed by atoms with Gasteiger partial charge in [-0.15, -0.1) is 0 Å². The second-order valence-electron chi connectivity index (χ2n) is 6.94. The molecule has 4 rings (SSSR count).